The number of anilines is 2. The van der Waals surface area contributed by atoms with Crippen LogP contribution in [0.3, 0.4) is 0 Å². The number of rotatable bonds is 5. The zero-order valence-corrected chi connectivity index (χ0v) is 15.2. The van der Waals surface area contributed by atoms with Crippen molar-refractivity contribution in [2.75, 3.05) is 12.4 Å². The van der Waals surface area contributed by atoms with Crippen molar-refractivity contribution in [3.8, 4) is 0 Å². The molecule has 0 saturated heterocycles. The van der Waals surface area contributed by atoms with Gasteiger partial charge < -0.3 is 10.2 Å². The predicted molar refractivity (Wildman–Crippen MR) is 103 cm³/mol. The summed E-state index contributed by atoms with van der Waals surface area (Å²) in [7, 11) is 1.76. The van der Waals surface area contributed by atoms with Crippen LogP contribution in [-0.4, -0.2) is 28.1 Å². The van der Waals surface area contributed by atoms with Crippen molar-refractivity contribution < 1.29 is 4.79 Å². The maximum absolute atomic E-state index is 12.5. The Kier molecular flexibility index (Phi) is 5.27. The summed E-state index contributed by atoms with van der Waals surface area (Å²) in [5, 5.41) is 11.5. The van der Waals surface area contributed by atoms with Gasteiger partial charge in [-0.05, 0) is 43.2 Å². The fourth-order valence-corrected chi connectivity index (χ4v) is 2.73. The summed E-state index contributed by atoms with van der Waals surface area (Å²) in [6.07, 6.45) is 0. The highest BCUT2D eigenvalue weighted by Gasteiger charge is 2.14. The standard InChI is InChI=1S/C21H22N4O/c1-15-9-10-18(16(2)13-15)22-20-12-11-19(23-24-20)21(26)25(3)14-17-7-5-4-6-8-17/h4-13H,14H2,1-3H3,(H,22,24). The van der Waals surface area contributed by atoms with E-state index < -0.39 is 0 Å². The first-order chi connectivity index (χ1) is 12.5. The van der Waals surface area contributed by atoms with E-state index in [2.05, 4.69) is 28.5 Å². The largest absolute Gasteiger partial charge is 0.339 e. The lowest BCUT2D eigenvalue weighted by Crippen LogP contribution is -2.27. The van der Waals surface area contributed by atoms with Crippen LogP contribution in [0.15, 0.2) is 60.7 Å². The second-order valence-corrected chi connectivity index (χ2v) is 6.39. The van der Waals surface area contributed by atoms with Crippen LogP contribution in [0.2, 0.25) is 0 Å². The first-order valence-corrected chi connectivity index (χ1v) is 8.50. The van der Waals surface area contributed by atoms with Crippen LogP contribution in [0.5, 0.6) is 0 Å². The molecule has 0 fully saturated rings. The monoisotopic (exact) mass is 346 g/mol. The number of carbonyl (C=O) groups is 1. The van der Waals surface area contributed by atoms with Crippen molar-refractivity contribution in [2.24, 2.45) is 0 Å². The van der Waals surface area contributed by atoms with Gasteiger partial charge in [0.15, 0.2) is 11.5 Å². The van der Waals surface area contributed by atoms with Crippen molar-refractivity contribution >= 4 is 17.4 Å². The smallest absolute Gasteiger partial charge is 0.274 e. The first kappa shape index (κ1) is 17.6. The average molecular weight is 346 g/mol. The Balaban J connectivity index is 1.67. The van der Waals surface area contributed by atoms with Gasteiger partial charge in [-0.1, -0.05) is 48.0 Å². The summed E-state index contributed by atoms with van der Waals surface area (Å²) in [5.74, 6) is 0.457. The SMILES string of the molecule is Cc1ccc(Nc2ccc(C(=O)N(C)Cc3ccccc3)nn2)c(C)c1. The molecule has 0 saturated carbocycles. The third kappa shape index (κ3) is 4.25. The van der Waals surface area contributed by atoms with E-state index in [0.717, 1.165) is 16.8 Å². The van der Waals surface area contributed by atoms with E-state index in [0.29, 0.717) is 18.1 Å². The number of hydrogen-bond donors (Lipinski definition) is 1. The summed E-state index contributed by atoms with van der Waals surface area (Å²) in [4.78, 5) is 14.1. The van der Waals surface area contributed by atoms with Gasteiger partial charge in [0.25, 0.3) is 5.91 Å². The molecule has 3 rings (SSSR count). The maximum atomic E-state index is 12.5. The van der Waals surface area contributed by atoms with Gasteiger partial charge in [0.2, 0.25) is 0 Å². The lowest BCUT2D eigenvalue weighted by molar-refractivity contribution is 0.0778. The Labute approximate surface area is 153 Å². The topological polar surface area (TPSA) is 58.1 Å². The fourth-order valence-electron chi connectivity index (χ4n) is 2.73. The van der Waals surface area contributed by atoms with E-state index >= 15 is 0 Å². The third-order valence-electron chi connectivity index (χ3n) is 4.14. The van der Waals surface area contributed by atoms with E-state index in [9.17, 15) is 4.79 Å². The van der Waals surface area contributed by atoms with Gasteiger partial charge in [0.05, 0.1) is 0 Å². The summed E-state index contributed by atoms with van der Waals surface area (Å²) >= 11 is 0. The van der Waals surface area contributed by atoms with Crippen LogP contribution < -0.4 is 5.32 Å². The van der Waals surface area contributed by atoms with Crippen LogP contribution in [0, 0.1) is 13.8 Å². The highest BCUT2D eigenvalue weighted by Crippen LogP contribution is 2.20. The maximum Gasteiger partial charge on any atom is 0.274 e. The second-order valence-electron chi connectivity index (χ2n) is 6.39. The number of carbonyl (C=O) groups excluding carboxylic acids is 1. The van der Waals surface area contributed by atoms with Crippen molar-refractivity contribution in [3.05, 3.63) is 83.0 Å². The molecule has 0 unspecified atom stereocenters. The summed E-state index contributed by atoms with van der Waals surface area (Å²) in [5.41, 5.74) is 4.72. The highest BCUT2D eigenvalue weighted by molar-refractivity contribution is 5.92. The first-order valence-electron chi connectivity index (χ1n) is 8.50. The molecule has 0 bridgehead atoms. The number of aromatic nitrogens is 2. The fraction of sp³-hybridized carbons (Fsp3) is 0.190. The molecule has 0 atom stereocenters. The molecule has 2 aromatic carbocycles. The number of hydrogen-bond acceptors (Lipinski definition) is 4. The van der Waals surface area contributed by atoms with Gasteiger partial charge in [-0.2, -0.15) is 0 Å². The molecule has 5 nitrogen and oxygen atoms in total. The van der Waals surface area contributed by atoms with Crippen molar-refractivity contribution in [3.63, 3.8) is 0 Å². The van der Waals surface area contributed by atoms with Gasteiger partial charge in [0, 0.05) is 19.3 Å². The minimum atomic E-state index is -0.153. The van der Waals surface area contributed by atoms with Gasteiger partial charge in [-0.25, -0.2) is 0 Å². The predicted octanol–water partition coefficient (Wildman–Crippen LogP) is 4.11. The number of nitrogens with zero attached hydrogens (tertiary/aromatic N) is 3. The van der Waals surface area contributed by atoms with E-state index in [1.807, 2.05) is 49.4 Å². The van der Waals surface area contributed by atoms with Crippen LogP contribution in [0.25, 0.3) is 0 Å². The summed E-state index contributed by atoms with van der Waals surface area (Å²) in [6.45, 7) is 4.63. The van der Waals surface area contributed by atoms with Crippen molar-refractivity contribution in [1.82, 2.24) is 15.1 Å². The second kappa shape index (κ2) is 7.78. The normalized spacial score (nSPS) is 10.4. The Morgan fingerprint density at radius 3 is 2.42 bits per heavy atom. The molecule has 1 aromatic heterocycles. The molecular weight excluding hydrogens is 324 g/mol. The van der Waals surface area contributed by atoms with E-state index in [1.165, 1.54) is 5.56 Å². The molecule has 26 heavy (non-hydrogen) atoms. The number of nitrogens with one attached hydrogen (secondary N) is 1. The third-order valence-corrected chi connectivity index (χ3v) is 4.14. The molecule has 1 N–H and O–H groups in total. The van der Waals surface area contributed by atoms with Gasteiger partial charge in [0.1, 0.15) is 0 Å². The quantitative estimate of drug-likeness (QED) is 0.755. The minimum Gasteiger partial charge on any atom is -0.339 e. The molecular formula is C21H22N4O. The summed E-state index contributed by atoms with van der Waals surface area (Å²) in [6, 6.07) is 19.5. The molecule has 1 amide bonds. The van der Waals surface area contributed by atoms with Gasteiger partial charge in [-0.15, -0.1) is 10.2 Å². The molecule has 0 aliphatic heterocycles. The lowest BCUT2D eigenvalue weighted by atomic mass is 10.1. The molecule has 0 aliphatic carbocycles. The molecule has 132 valence electrons. The Morgan fingerprint density at radius 1 is 1.00 bits per heavy atom. The van der Waals surface area contributed by atoms with Crippen LogP contribution in [-0.2, 0) is 6.54 Å². The van der Waals surface area contributed by atoms with Crippen molar-refractivity contribution in [1.29, 1.82) is 0 Å². The van der Waals surface area contributed by atoms with E-state index in [1.54, 1.807) is 24.1 Å². The molecule has 5 heteroatoms. The van der Waals surface area contributed by atoms with Crippen LogP contribution >= 0.6 is 0 Å². The van der Waals surface area contributed by atoms with Gasteiger partial charge in [-0.3, -0.25) is 4.79 Å². The van der Waals surface area contributed by atoms with Gasteiger partial charge >= 0.3 is 0 Å². The minimum absolute atomic E-state index is 0.153. The Morgan fingerprint density at radius 2 is 1.77 bits per heavy atom. The summed E-state index contributed by atoms with van der Waals surface area (Å²) < 4.78 is 0. The Hall–Kier alpha value is -3.21. The highest BCUT2D eigenvalue weighted by atomic mass is 16.2. The molecule has 3 aromatic rings. The van der Waals surface area contributed by atoms with E-state index in [4.69, 9.17) is 0 Å². The zero-order chi connectivity index (χ0) is 18.5. The van der Waals surface area contributed by atoms with Crippen LogP contribution in [0.1, 0.15) is 27.2 Å². The van der Waals surface area contributed by atoms with E-state index in [-0.39, 0.29) is 5.91 Å². The number of amides is 1. The molecule has 0 aliphatic rings. The number of aryl methyl sites for hydroxylation is 2. The molecule has 0 spiro atoms. The zero-order valence-electron chi connectivity index (χ0n) is 15.2. The molecule has 0 radical (unpaired) electrons. The Bertz CT molecular complexity index is 892. The average Bonchev–Trinajstić information content (AvgIpc) is 2.65. The van der Waals surface area contributed by atoms with Crippen molar-refractivity contribution in [2.45, 2.75) is 20.4 Å². The molecule has 1 heterocycles. The van der Waals surface area contributed by atoms with Crippen LogP contribution in [0.4, 0.5) is 11.5 Å². The number of benzene rings is 2. The lowest BCUT2D eigenvalue weighted by Gasteiger charge is -2.16.